The van der Waals surface area contributed by atoms with Crippen LogP contribution in [0.3, 0.4) is 0 Å². The summed E-state index contributed by atoms with van der Waals surface area (Å²) in [6, 6.07) is 1.12. The highest BCUT2D eigenvalue weighted by molar-refractivity contribution is 5.86. The molecule has 1 aliphatic carbocycles. The van der Waals surface area contributed by atoms with E-state index in [4.69, 9.17) is 0 Å². The van der Waals surface area contributed by atoms with Crippen molar-refractivity contribution in [2.24, 2.45) is 5.41 Å². The molecule has 1 amide bonds. The molecule has 0 radical (unpaired) electrons. The van der Waals surface area contributed by atoms with Crippen LogP contribution in [0.25, 0.3) is 5.69 Å². The molecule has 1 spiro atoms. The minimum Gasteiger partial charge on any atom is -0.393 e. The molecule has 2 aromatic rings. The minimum atomic E-state index is -4.51. The molecule has 0 bridgehead atoms. The van der Waals surface area contributed by atoms with Crippen molar-refractivity contribution in [3.05, 3.63) is 30.4 Å². The highest BCUT2D eigenvalue weighted by Gasteiger charge is 2.51. The van der Waals surface area contributed by atoms with Gasteiger partial charge in [0, 0.05) is 31.9 Å². The molecule has 1 N–H and O–H groups in total. The van der Waals surface area contributed by atoms with Gasteiger partial charge in [-0.2, -0.15) is 18.3 Å². The number of halogens is 3. The van der Waals surface area contributed by atoms with Crippen molar-refractivity contribution in [2.75, 3.05) is 24.5 Å². The van der Waals surface area contributed by atoms with E-state index in [1.54, 1.807) is 0 Å². The predicted molar refractivity (Wildman–Crippen MR) is 113 cm³/mol. The number of carbonyl (C=O) groups excluding carboxylic acids is 1. The van der Waals surface area contributed by atoms with Crippen LogP contribution in [0.15, 0.2) is 24.7 Å². The fraction of sp³-hybridized carbons (Fsp3) is 0.636. The van der Waals surface area contributed by atoms with Crippen LogP contribution >= 0.6 is 0 Å². The third-order valence-corrected chi connectivity index (χ3v) is 7.28. The van der Waals surface area contributed by atoms with E-state index >= 15 is 0 Å². The van der Waals surface area contributed by atoms with E-state index in [0.29, 0.717) is 18.2 Å². The molecule has 4 heterocycles. The van der Waals surface area contributed by atoms with E-state index in [-0.39, 0.29) is 18.1 Å². The van der Waals surface area contributed by atoms with E-state index in [1.165, 1.54) is 18.6 Å². The average Bonchev–Trinajstić information content (AvgIpc) is 3.42. The molecule has 1 unspecified atom stereocenters. The molecule has 2 saturated heterocycles. The maximum atomic E-state index is 13.5. The number of hydrogen-bond acceptors (Lipinski definition) is 6. The second kappa shape index (κ2) is 8.27. The lowest BCUT2D eigenvalue weighted by Gasteiger charge is -2.40. The first-order chi connectivity index (χ1) is 15.7. The summed E-state index contributed by atoms with van der Waals surface area (Å²) in [5.41, 5.74) is -1.08. The van der Waals surface area contributed by atoms with Gasteiger partial charge in [-0.15, -0.1) is 0 Å². The van der Waals surface area contributed by atoms with Crippen molar-refractivity contribution in [2.45, 2.75) is 63.3 Å². The lowest BCUT2D eigenvalue weighted by atomic mass is 9.78. The van der Waals surface area contributed by atoms with Crippen LogP contribution in [-0.4, -0.2) is 67.4 Å². The van der Waals surface area contributed by atoms with Gasteiger partial charge in [-0.3, -0.25) is 4.79 Å². The van der Waals surface area contributed by atoms with Crippen molar-refractivity contribution in [3.63, 3.8) is 0 Å². The molecular formula is C22H27F3N6O2. The highest BCUT2D eigenvalue weighted by Crippen LogP contribution is 2.43. The van der Waals surface area contributed by atoms with Gasteiger partial charge in [0.05, 0.1) is 23.9 Å². The quantitative estimate of drug-likeness (QED) is 0.752. The summed E-state index contributed by atoms with van der Waals surface area (Å²) in [7, 11) is 0. The van der Waals surface area contributed by atoms with E-state index in [1.807, 2.05) is 9.80 Å². The van der Waals surface area contributed by atoms with Crippen LogP contribution in [0.1, 0.15) is 50.6 Å². The van der Waals surface area contributed by atoms with E-state index in [0.717, 1.165) is 68.8 Å². The number of carbonyl (C=O) groups is 1. The number of hydrogen-bond donors (Lipinski definition) is 1. The van der Waals surface area contributed by atoms with Gasteiger partial charge in [0.25, 0.3) is 0 Å². The van der Waals surface area contributed by atoms with Crippen molar-refractivity contribution in [1.82, 2.24) is 24.6 Å². The Balaban J connectivity index is 1.28. The Bertz CT molecular complexity index is 1000. The number of likely N-dealkylation sites (tertiary alicyclic amines) is 1. The number of piperidine rings is 1. The third-order valence-electron chi connectivity index (χ3n) is 7.28. The standard InChI is InChI=1S/C22H27F3N6O2/c23-22(24,25)18-6-10-31(28-18)16-12-26-20(27-13-16)29-9-1-7-21(14-29)8-11-30(19(21)33)15-2-4-17(32)5-3-15/h6,10,12-13,15,17,32H,1-5,7-9,11,14H2. The van der Waals surface area contributed by atoms with Crippen molar-refractivity contribution >= 4 is 11.9 Å². The topological polar surface area (TPSA) is 87.4 Å². The lowest BCUT2D eigenvalue weighted by molar-refractivity contribution is -0.141. The second-order valence-electron chi connectivity index (χ2n) is 9.40. The van der Waals surface area contributed by atoms with Gasteiger partial charge in [0.1, 0.15) is 5.69 Å². The largest absolute Gasteiger partial charge is 0.435 e. The van der Waals surface area contributed by atoms with Gasteiger partial charge in [-0.05, 0) is 51.0 Å². The summed E-state index contributed by atoms with van der Waals surface area (Å²) < 4.78 is 39.5. The average molecular weight is 464 g/mol. The predicted octanol–water partition coefficient (Wildman–Crippen LogP) is 2.80. The molecule has 33 heavy (non-hydrogen) atoms. The van der Waals surface area contributed by atoms with Gasteiger partial charge in [-0.25, -0.2) is 14.6 Å². The number of aliphatic hydroxyl groups excluding tert-OH is 1. The molecule has 3 fully saturated rings. The zero-order valence-corrected chi connectivity index (χ0v) is 18.2. The number of nitrogens with zero attached hydrogens (tertiary/aromatic N) is 6. The summed E-state index contributed by atoms with van der Waals surface area (Å²) in [4.78, 5) is 26.2. The molecular weight excluding hydrogens is 437 g/mol. The van der Waals surface area contributed by atoms with E-state index in [9.17, 15) is 23.1 Å². The lowest BCUT2D eigenvalue weighted by Crippen LogP contribution is -2.50. The van der Waals surface area contributed by atoms with Crippen LogP contribution < -0.4 is 4.90 Å². The van der Waals surface area contributed by atoms with Crippen LogP contribution in [0.2, 0.25) is 0 Å². The molecule has 0 aromatic carbocycles. The Kier molecular flexibility index (Phi) is 5.54. The van der Waals surface area contributed by atoms with Crippen molar-refractivity contribution < 1.29 is 23.1 Å². The van der Waals surface area contributed by atoms with E-state index < -0.39 is 17.3 Å². The van der Waals surface area contributed by atoms with Crippen molar-refractivity contribution in [3.8, 4) is 5.69 Å². The normalized spacial score (nSPS) is 28.7. The SMILES string of the molecule is O=C1N(C2CCC(O)CC2)CCC12CCCN(c1ncc(-n3ccc(C(F)(F)F)n3)cn1)C2. The van der Waals surface area contributed by atoms with Crippen LogP contribution in [0.4, 0.5) is 19.1 Å². The number of anilines is 1. The molecule has 5 rings (SSSR count). The van der Waals surface area contributed by atoms with Gasteiger partial charge in [0.15, 0.2) is 5.69 Å². The fourth-order valence-electron chi connectivity index (χ4n) is 5.46. The summed E-state index contributed by atoms with van der Waals surface area (Å²) in [5.74, 6) is 0.662. The van der Waals surface area contributed by atoms with Gasteiger partial charge in [0.2, 0.25) is 11.9 Å². The molecule has 8 nitrogen and oxygen atoms in total. The zero-order chi connectivity index (χ0) is 23.2. The molecule has 3 aliphatic rings. The number of amides is 1. The number of alkyl halides is 3. The first-order valence-corrected chi connectivity index (χ1v) is 11.4. The van der Waals surface area contributed by atoms with Gasteiger partial charge >= 0.3 is 6.18 Å². The Morgan fingerprint density at radius 1 is 1.06 bits per heavy atom. The monoisotopic (exact) mass is 464 g/mol. The first-order valence-electron chi connectivity index (χ1n) is 11.4. The Hall–Kier alpha value is -2.69. The number of aliphatic hydroxyl groups is 1. The van der Waals surface area contributed by atoms with E-state index in [2.05, 4.69) is 15.1 Å². The number of rotatable bonds is 3. The van der Waals surface area contributed by atoms with Crippen LogP contribution in [0.5, 0.6) is 0 Å². The summed E-state index contributed by atoms with van der Waals surface area (Å²) in [6.07, 6.45) is 5.04. The Morgan fingerprint density at radius 3 is 2.45 bits per heavy atom. The minimum absolute atomic E-state index is 0.196. The summed E-state index contributed by atoms with van der Waals surface area (Å²) in [6.45, 7) is 2.01. The molecule has 2 aromatic heterocycles. The van der Waals surface area contributed by atoms with Crippen LogP contribution in [-0.2, 0) is 11.0 Å². The smallest absolute Gasteiger partial charge is 0.393 e. The Labute approximate surface area is 189 Å². The maximum Gasteiger partial charge on any atom is 0.435 e. The van der Waals surface area contributed by atoms with Crippen LogP contribution in [0, 0.1) is 5.41 Å². The first kappa shape index (κ1) is 22.1. The fourth-order valence-corrected chi connectivity index (χ4v) is 5.46. The zero-order valence-electron chi connectivity index (χ0n) is 18.2. The van der Waals surface area contributed by atoms with Gasteiger partial charge in [-0.1, -0.05) is 0 Å². The Morgan fingerprint density at radius 2 is 1.79 bits per heavy atom. The highest BCUT2D eigenvalue weighted by atomic mass is 19.4. The van der Waals surface area contributed by atoms with Crippen molar-refractivity contribution in [1.29, 1.82) is 0 Å². The molecule has 2 aliphatic heterocycles. The molecule has 1 saturated carbocycles. The number of aromatic nitrogens is 4. The molecule has 11 heteroatoms. The summed E-state index contributed by atoms with van der Waals surface area (Å²) >= 11 is 0. The maximum absolute atomic E-state index is 13.5. The third kappa shape index (κ3) is 4.18. The second-order valence-corrected chi connectivity index (χ2v) is 9.40. The molecule has 178 valence electrons. The van der Waals surface area contributed by atoms with Gasteiger partial charge < -0.3 is 14.9 Å². The summed E-state index contributed by atoms with van der Waals surface area (Å²) in [5, 5.41) is 13.3. The molecule has 1 atom stereocenters.